The minimum Gasteiger partial charge on any atom is -0.382 e. The molecule has 0 heterocycles. The lowest BCUT2D eigenvalue weighted by atomic mass is 10.2. The Bertz CT molecular complexity index is 283. The van der Waals surface area contributed by atoms with E-state index in [2.05, 4.69) is 5.32 Å². The van der Waals surface area contributed by atoms with Crippen molar-refractivity contribution >= 4 is 5.69 Å². The number of hydrogen-bond acceptors (Lipinski definition) is 3. The zero-order valence-corrected chi connectivity index (χ0v) is 5.81. The molecule has 0 atom stereocenters. The van der Waals surface area contributed by atoms with Gasteiger partial charge in [-0.1, -0.05) is 6.92 Å². The Morgan fingerprint density at radius 3 is 2.60 bits per heavy atom. The molecule has 54 valence electrons. The summed E-state index contributed by atoms with van der Waals surface area (Å²) in [5.41, 5.74) is -0.307. The first-order valence-corrected chi connectivity index (χ1v) is 3.30. The molecule has 0 bridgehead atoms. The summed E-state index contributed by atoms with van der Waals surface area (Å²) in [5, 5.41) is 2.84. The molecule has 3 nitrogen and oxygen atoms in total. The van der Waals surface area contributed by atoms with Crippen molar-refractivity contribution < 1.29 is 0 Å². The fraction of sp³-hybridized carbons (Fsp3) is 0.429. The predicted octanol–water partition coefficient (Wildman–Crippen LogP) is 0.105. The van der Waals surface area contributed by atoms with Crippen LogP contribution in [-0.4, -0.2) is 6.54 Å². The average Bonchev–Trinajstić information content (AvgIpc) is 1.97. The number of anilines is 1. The molecule has 1 aromatic carbocycles. The molecule has 0 aliphatic rings. The van der Waals surface area contributed by atoms with Gasteiger partial charge in [0.25, 0.3) is 0 Å². The molecule has 0 aromatic heterocycles. The molecule has 10 heavy (non-hydrogen) atoms. The third kappa shape index (κ3) is 1.07. The van der Waals surface area contributed by atoms with Crippen LogP contribution in [0, 0.1) is 0 Å². The number of hydrogen-bond donors (Lipinski definition) is 1. The van der Waals surface area contributed by atoms with E-state index in [4.69, 9.17) is 0 Å². The van der Waals surface area contributed by atoms with Crippen molar-refractivity contribution in [3.8, 4) is 0 Å². The van der Waals surface area contributed by atoms with E-state index in [1.807, 2.05) is 6.92 Å². The lowest BCUT2D eigenvalue weighted by molar-refractivity contribution is 0.974. The monoisotopic (exact) mass is 139 g/mol. The quantitative estimate of drug-likeness (QED) is 0.604. The van der Waals surface area contributed by atoms with Crippen LogP contribution in [0.3, 0.4) is 0 Å². The molecule has 1 N–H and O–H groups in total. The third-order valence-corrected chi connectivity index (χ3v) is 1.31. The van der Waals surface area contributed by atoms with Crippen molar-refractivity contribution in [1.29, 1.82) is 0 Å². The van der Waals surface area contributed by atoms with E-state index >= 15 is 0 Å². The fourth-order valence-electron chi connectivity index (χ4n) is 0.708. The van der Waals surface area contributed by atoms with Crippen molar-refractivity contribution in [2.24, 2.45) is 0 Å². The van der Waals surface area contributed by atoms with Crippen LogP contribution in [0.4, 0.5) is 5.69 Å². The highest BCUT2D eigenvalue weighted by molar-refractivity contribution is 5.46. The molecule has 1 aromatic rings. The van der Waals surface area contributed by atoms with Gasteiger partial charge in [-0.3, -0.25) is 9.59 Å². The third-order valence-electron chi connectivity index (χ3n) is 1.31. The van der Waals surface area contributed by atoms with Crippen LogP contribution in [0.2, 0.25) is 0 Å². The maximum Gasteiger partial charge on any atom is 0.248 e. The topological polar surface area (TPSA) is 46.2 Å². The summed E-state index contributed by atoms with van der Waals surface area (Å²) < 4.78 is 0. The second kappa shape index (κ2) is 2.64. The standard InChI is InChI=1S/C7H9NO2/c1-2-3-8-5-4-6(9)7(5)10/h4,8H,2-3H2,1H3. The Morgan fingerprint density at radius 1 is 1.50 bits per heavy atom. The van der Waals surface area contributed by atoms with Gasteiger partial charge in [0.15, 0.2) is 0 Å². The molecule has 0 unspecified atom stereocenters. The second-order valence-corrected chi connectivity index (χ2v) is 2.18. The second-order valence-electron chi connectivity index (χ2n) is 2.18. The Kier molecular flexibility index (Phi) is 1.85. The normalized spacial score (nSPS) is 10.1. The van der Waals surface area contributed by atoms with Gasteiger partial charge in [0.2, 0.25) is 10.9 Å². The average molecular weight is 139 g/mol. The molecule has 0 saturated carbocycles. The van der Waals surface area contributed by atoms with Crippen LogP contribution in [0.25, 0.3) is 0 Å². The molecular formula is C7H9NO2. The summed E-state index contributed by atoms with van der Waals surface area (Å²) in [7, 11) is 0. The van der Waals surface area contributed by atoms with Crippen LogP contribution in [-0.2, 0) is 0 Å². The summed E-state index contributed by atoms with van der Waals surface area (Å²) in [6, 6.07) is 1.33. The largest absolute Gasteiger partial charge is 0.382 e. The van der Waals surface area contributed by atoms with Crippen LogP contribution in [0.15, 0.2) is 15.7 Å². The first-order chi connectivity index (χ1) is 4.75. The zero-order valence-electron chi connectivity index (χ0n) is 5.81. The van der Waals surface area contributed by atoms with E-state index < -0.39 is 5.43 Å². The molecule has 0 aliphatic heterocycles. The van der Waals surface area contributed by atoms with Gasteiger partial charge in [0.05, 0.1) is 5.69 Å². The first-order valence-electron chi connectivity index (χ1n) is 3.30. The first kappa shape index (κ1) is 6.99. The molecule has 0 radical (unpaired) electrons. The summed E-state index contributed by atoms with van der Waals surface area (Å²) >= 11 is 0. The van der Waals surface area contributed by atoms with Gasteiger partial charge < -0.3 is 5.32 Å². The molecule has 3 heteroatoms. The predicted molar refractivity (Wildman–Crippen MR) is 40.1 cm³/mol. The lowest BCUT2D eigenvalue weighted by Crippen LogP contribution is -2.32. The van der Waals surface area contributed by atoms with E-state index in [0.29, 0.717) is 5.69 Å². The summed E-state index contributed by atoms with van der Waals surface area (Å²) in [6.07, 6.45) is 0.957. The van der Waals surface area contributed by atoms with Gasteiger partial charge in [0, 0.05) is 12.6 Å². The Morgan fingerprint density at radius 2 is 2.20 bits per heavy atom. The van der Waals surface area contributed by atoms with Gasteiger partial charge in [0.1, 0.15) is 0 Å². The molecule has 0 fully saturated rings. The highest BCUT2D eigenvalue weighted by atomic mass is 16.2. The van der Waals surface area contributed by atoms with Crippen LogP contribution < -0.4 is 16.2 Å². The minimum absolute atomic E-state index is 0.381. The van der Waals surface area contributed by atoms with E-state index in [1.165, 1.54) is 6.07 Å². The van der Waals surface area contributed by atoms with Crippen LogP contribution >= 0.6 is 0 Å². The molecule has 0 aliphatic carbocycles. The van der Waals surface area contributed by atoms with Crippen molar-refractivity contribution in [2.45, 2.75) is 13.3 Å². The number of rotatable bonds is 3. The van der Waals surface area contributed by atoms with Crippen LogP contribution in [0.1, 0.15) is 13.3 Å². The number of nitrogens with one attached hydrogen (secondary N) is 1. The van der Waals surface area contributed by atoms with E-state index in [1.54, 1.807) is 0 Å². The van der Waals surface area contributed by atoms with Gasteiger partial charge in [-0.2, -0.15) is 0 Å². The fourth-order valence-corrected chi connectivity index (χ4v) is 0.708. The van der Waals surface area contributed by atoms with E-state index in [9.17, 15) is 9.59 Å². The summed E-state index contributed by atoms with van der Waals surface area (Å²) in [6.45, 7) is 2.75. The van der Waals surface area contributed by atoms with Gasteiger partial charge >= 0.3 is 0 Å². The highest BCUT2D eigenvalue weighted by Crippen LogP contribution is 1.93. The van der Waals surface area contributed by atoms with Gasteiger partial charge in [-0.15, -0.1) is 0 Å². The van der Waals surface area contributed by atoms with Gasteiger partial charge in [-0.25, -0.2) is 0 Å². The van der Waals surface area contributed by atoms with Crippen molar-refractivity contribution in [3.63, 3.8) is 0 Å². The molecule has 0 spiro atoms. The van der Waals surface area contributed by atoms with Crippen molar-refractivity contribution in [2.75, 3.05) is 11.9 Å². The Hall–Kier alpha value is -1.12. The molecular weight excluding hydrogens is 130 g/mol. The zero-order chi connectivity index (χ0) is 7.56. The van der Waals surface area contributed by atoms with Crippen molar-refractivity contribution in [3.05, 3.63) is 26.5 Å². The Labute approximate surface area is 58.4 Å². The van der Waals surface area contributed by atoms with Crippen molar-refractivity contribution in [1.82, 2.24) is 0 Å². The van der Waals surface area contributed by atoms with Gasteiger partial charge in [-0.05, 0) is 6.42 Å². The molecule has 0 amide bonds. The summed E-state index contributed by atoms with van der Waals surface area (Å²) in [4.78, 5) is 20.9. The maximum atomic E-state index is 10.6. The highest BCUT2D eigenvalue weighted by Gasteiger charge is 2.06. The molecule has 0 saturated heterocycles. The SMILES string of the molecule is CCCNc1cc(=O)c1=O. The lowest BCUT2D eigenvalue weighted by Gasteiger charge is -2.02. The van der Waals surface area contributed by atoms with Crippen LogP contribution in [0.5, 0.6) is 0 Å². The smallest absolute Gasteiger partial charge is 0.248 e. The van der Waals surface area contributed by atoms with E-state index in [0.717, 1.165) is 13.0 Å². The Balaban J connectivity index is 2.55. The minimum atomic E-state index is -0.390. The summed E-state index contributed by atoms with van der Waals surface area (Å²) in [5.74, 6) is 0. The maximum absolute atomic E-state index is 10.6. The molecule has 1 rings (SSSR count). The van der Waals surface area contributed by atoms with E-state index in [-0.39, 0.29) is 5.43 Å².